The molecule has 1 aliphatic heterocycles. The van der Waals surface area contributed by atoms with Gasteiger partial charge in [-0.05, 0) is 25.2 Å². The molecule has 3 heteroatoms. The van der Waals surface area contributed by atoms with E-state index in [1.807, 2.05) is 0 Å². The number of ketones is 1. The van der Waals surface area contributed by atoms with Gasteiger partial charge in [-0.3, -0.25) is 9.59 Å². The summed E-state index contributed by atoms with van der Waals surface area (Å²) in [6.07, 6.45) is 6.16. The lowest BCUT2D eigenvalue weighted by Crippen LogP contribution is -2.44. The first-order chi connectivity index (χ1) is 7.61. The number of hydrogen-bond donors (Lipinski definition) is 1. The Hall–Kier alpha value is -1.12. The molecule has 0 aromatic carbocycles. The topological polar surface area (TPSA) is 46.2 Å². The summed E-state index contributed by atoms with van der Waals surface area (Å²) < 4.78 is 0. The number of fused-ring (bicyclic) bond motifs is 3. The zero-order valence-electron chi connectivity index (χ0n) is 9.58. The molecule has 0 spiro atoms. The van der Waals surface area contributed by atoms with Gasteiger partial charge in [0, 0.05) is 29.9 Å². The average Bonchev–Trinajstić information content (AvgIpc) is 2.56. The van der Waals surface area contributed by atoms with Crippen molar-refractivity contribution in [2.45, 2.75) is 39.0 Å². The van der Waals surface area contributed by atoms with E-state index in [2.05, 4.69) is 18.3 Å². The monoisotopic (exact) mass is 219 g/mol. The summed E-state index contributed by atoms with van der Waals surface area (Å²) in [4.78, 5) is 23.3. The van der Waals surface area contributed by atoms with Gasteiger partial charge < -0.3 is 5.32 Å². The zero-order valence-corrected chi connectivity index (χ0v) is 9.58. The van der Waals surface area contributed by atoms with Crippen LogP contribution in [0, 0.1) is 17.3 Å². The van der Waals surface area contributed by atoms with Crippen molar-refractivity contribution in [3.8, 4) is 0 Å². The summed E-state index contributed by atoms with van der Waals surface area (Å²) >= 11 is 0. The molecule has 16 heavy (non-hydrogen) atoms. The van der Waals surface area contributed by atoms with E-state index >= 15 is 0 Å². The highest BCUT2D eigenvalue weighted by Gasteiger charge is 2.52. The van der Waals surface area contributed by atoms with Crippen LogP contribution in [0.5, 0.6) is 0 Å². The Morgan fingerprint density at radius 3 is 2.94 bits per heavy atom. The summed E-state index contributed by atoms with van der Waals surface area (Å²) in [6.45, 7) is 2.11. The maximum absolute atomic E-state index is 12.0. The van der Waals surface area contributed by atoms with E-state index in [1.165, 1.54) is 0 Å². The minimum Gasteiger partial charge on any atom is -0.330 e. The minimum atomic E-state index is -0.143. The lowest BCUT2D eigenvalue weighted by atomic mass is 9.64. The fourth-order valence-electron chi connectivity index (χ4n) is 3.71. The molecule has 3 nitrogen and oxygen atoms in total. The number of Topliss-reactive ketones (excluding diaryl/α,β-unsaturated/α-hetero) is 1. The Labute approximate surface area is 95.3 Å². The van der Waals surface area contributed by atoms with E-state index in [0.29, 0.717) is 24.0 Å². The second kappa shape index (κ2) is 3.19. The predicted molar refractivity (Wildman–Crippen MR) is 59.4 cm³/mol. The van der Waals surface area contributed by atoms with Gasteiger partial charge in [-0.2, -0.15) is 0 Å². The van der Waals surface area contributed by atoms with Crippen molar-refractivity contribution in [2.75, 3.05) is 0 Å². The van der Waals surface area contributed by atoms with Crippen LogP contribution in [0.25, 0.3) is 0 Å². The number of piperidine rings is 1. The molecular weight excluding hydrogens is 202 g/mol. The number of carbonyl (C=O) groups excluding carboxylic acids is 2. The van der Waals surface area contributed by atoms with Gasteiger partial charge in [0.25, 0.3) is 0 Å². The Bertz CT molecular complexity index is 399. The third-order valence-corrected chi connectivity index (χ3v) is 4.74. The van der Waals surface area contributed by atoms with Crippen LogP contribution < -0.4 is 5.32 Å². The standard InChI is InChI=1S/C13H17NO2/c1-13-7-6-10-8(2-5-12(16)14-10)9(13)3-4-11(13)15/h6,8-9H,2-5,7H2,1H3,(H,14,16)/t8-,9-,13-/m0/s1. The summed E-state index contributed by atoms with van der Waals surface area (Å²) in [5.74, 6) is 1.43. The first kappa shape index (κ1) is 10.1. The van der Waals surface area contributed by atoms with Crippen LogP contribution in [0.2, 0.25) is 0 Å². The van der Waals surface area contributed by atoms with Crippen LogP contribution in [0.1, 0.15) is 39.0 Å². The van der Waals surface area contributed by atoms with Gasteiger partial charge in [-0.15, -0.1) is 0 Å². The fraction of sp³-hybridized carbons (Fsp3) is 0.692. The highest BCUT2D eigenvalue weighted by atomic mass is 16.1. The van der Waals surface area contributed by atoms with Crippen molar-refractivity contribution in [1.29, 1.82) is 0 Å². The molecule has 3 rings (SSSR count). The van der Waals surface area contributed by atoms with Crippen LogP contribution >= 0.6 is 0 Å². The third-order valence-electron chi connectivity index (χ3n) is 4.74. The van der Waals surface area contributed by atoms with E-state index in [4.69, 9.17) is 0 Å². The molecule has 0 radical (unpaired) electrons. The molecular formula is C13H17NO2. The molecule has 3 aliphatic rings. The molecule has 1 heterocycles. The molecule has 0 unspecified atom stereocenters. The average molecular weight is 219 g/mol. The Morgan fingerprint density at radius 2 is 2.12 bits per heavy atom. The van der Waals surface area contributed by atoms with Crippen molar-refractivity contribution in [2.24, 2.45) is 17.3 Å². The Balaban J connectivity index is 1.96. The molecule has 1 saturated heterocycles. The largest absolute Gasteiger partial charge is 0.330 e. The second-order valence-electron chi connectivity index (χ2n) is 5.54. The van der Waals surface area contributed by atoms with Gasteiger partial charge in [0.1, 0.15) is 5.78 Å². The second-order valence-corrected chi connectivity index (χ2v) is 5.54. The number of rotatable bonds is 0. The fourth-order valence-corrected chi connectivity index (χ4v) is 3.71. The maximum Gasteiger partial charge on any atom is 0.224 e. The van der Waals surface area contributed by atoms with Crippen molar-refractivity contribution in [1.82, 2.24) is 5.32 Å². The van der Waals surface area contributed by atoms with Crippen molar-refractivity contribution in [3.05, 3.63) is 11.8 Å². The molecule has 1 amide bonds. The molecule has 86 valence electrons. The van der Waals surface area contributed by atoms with E-state index in [-0.39, 0.29) is 11.3 Å². The zero-order chi connectivity index (χ0) is 11.3. The molecule has 1 saturated carbocycles. The minimum absolute atomic E-state index is 0.135. The SMILES string of the molecule is C[C@]12CC=C3NC(=O)CC[C@H]3[C@@H]1CCC2=O. The smallest absolute Gasteiger partial charge is 0.224 e. The van der Waals surface area contributed by atoms with Gasteiger partial charge in [0.15, 0.2) is 0 Å². The molecule has 1 N–H and O–H groups in total. The summed E-state index contributed by atoms with van der Waals surface area (Å²) in [7, 11) is 0. The first-order valence-corrected chi connectivity index (χ1v) is 6.14. The van der Waals surface area contributed by atoms with Crippen LogP contribution in [0.15, 0.2) is 11.8 Å². The normalized spacial score (nSPS) is 42.2. The number of carbonyl (C=O) groups is 2. The van der Waals surface area contributed by atoms with Crippen LogP contribution in [0.4, 0.5) is 0 Å². The predicted octanol–water partition coefficient (Wildman–Crippen LogP) is 1.79. The summed E-state index contributed by atoms with van der Waals surface area (Å²) in [6, 6.07) is 0. The summed E-state index contributed by atoms with van der Waals surface area (Å²) in [5, 5.41) is 2.97. The lowest BCUT2D eigenvalue weighted by Gasteiger charge is -2.42. The van der Waals surface area contributed by atoms with E-state index in [0.717, 1.165) is 31.4 Å². The van der Waals surface area contributed by atoms with Crippen molar-refractivity contribution >= 4 is 11.7 Å². The Kier molecular flexibility index (Phi) is 2.00. The highest BCUT2D eigenvalue weighted by molar-refractivity contribution is 5.88. The van der Waals surface area contributed by atoms with Crippen LogP contribution in [-0.4, -0.2) is 11.7 Å². The molecule has 0 aromatic rings. The first-order valence-electron chi connectivity index (χ1n) is 6.14. The number of hydrogen-bond acceptors (Lipinski definition) is 2. The molecule has 2 aliphatic carbocycles. The van der Waals surface area contributed by atoms with Gasteiger partial charge in [-0.1, -0.05) is 13.0 Å². The Morgan fingerprint density at radius 1 is 1.31 bits per heavy atom. The summed E-state index contributed by atoms with van der Waals surface area (Å²) in [5.41, 5.74) is 0.949. The van der Waals surface area contributed by atoms with Crippen molar-refractivity contribution in [3.63, 3.8) is 0 Å². The van der Waals surface area contributed by atoms with E-state index in [1.54, 1.807) is 0 Å². The van der Waals surface area contributed by atoms with E-state index in [9.17, 15) is 9.59 Å². The van der Waals surface area contributed by atoms with Gasteiger partial charge >= 0.3 is 0 Å². The van der Waals surface area contributed by atoms with Crippen molar-refractivity contribution < 1.29 is 9.59 Å². The molecule has 0 aromatic heterocycles. The van der Waals surface area contributed by atoms with Gasteiger partial charge in [0.2, 0.25) is 5.91 Å². The lowest BCUT2D eigenvalue weighted by molar-refractivity contribution is -0.127. The van der Waals surface area contributed by atoms with Gasteiger partial charge in [0.05, 0.1) is 0 Å². The number of amides is 1. The third kappa shape index (κ3) is 1.20. The van der Waals surface area contributed by atoms with Crippen LogP contribution in [-0.2, 0) is 9.59 Å². The quantitative estimate of drug-likeness (QED) is 0.675. The number of nitrogens with one attached hydrogen (secondary N) is 1. The number of allylic oxidation sites excluding steroid dienone is 2. The van der Waals surface area contributed by atoms with Gasteiger partial charge in [-0.25, -0.2) is 0 Å². The molecule has 0 bridgehead atoms. The van der Waals surface area contributed by atoms with E-state index < -0.39 is 0 Å². The van der Waals surface area contributed by atoms with Crippen LogP contribution in [0.3, 0.4) is 0 Å². The maximum atomic E-state index is 12.0. The highest BCUT2D eigenvalue weighted by Crippen LogP contribution is 2.53. The molecule has 2 fully saturated rings. The molecule has 3 atom stereocenters.